The maximum absolute atomic E-state index is 10.7. The van der Waals surface area contributed by atoms with Gasteiger partial charge in [0.05, 0.1) is 16.6 Å². The van der Waals surface area contributed by atoms with Gasteiger partial charge in [-0.2, -0.15) is 0 Å². The van der Waals surface area contributed by atoms with Crippen LogP contribution in [-0.2, 0) is 9.45 Å². The van der Waals surface area contributed by atoms with Crippen LogP contribution in [0.3, 0.4) is 0 Å². The van der Waals surface area contributed by atoms with Crippen LogP contribution in [0.2, 0.25) is 0 Å². The van der Waals surface area contributed by atoms with Crippen molar-refractivity contribution in [3.63, 3.8) is 0 Å². The summed E-state index contributed by atoms with van der Waals surface area (Å²) in [6, 6.07) is 7.47. The minimum Gasteiger partial charge on any atom is -0.402 e. The van der Waals surface area contributed by atoms with Crippen molar-refractivity contribution in [3.05, 3.63) is 34.8 Å². The Bertz CT molecular complexity index is 582. The van der Waals surface area contributed by atoms with Gasteiger partial charge < -0.3 is 19.8 Å². The maximum Gasteiger partial charge on any atom is 0.634 e. The number of benzene rings is 1. The predicted molar refractivity (Wildman–Crippen MR) is 78.3 cm³/mol. The summed E-state index contributed by atoms with van der Waals surface area (Å²) in [6.45, 7) is 6.23. The summed E-state index contributed by atoms with van der Waals surface area (Å²) in [5.41, 5.74) is -2.10. The van der Waals surface area contributed by atoms with Gasteiger partial charge in [0.1, 0.15) is 0 Å². The quantitative estimate of drug-likeness (QED) is 0.630. The lowest BCUT2D eigenvalue weighted by Crippen LogP contribution is -2.50. The molecule has 1 aliphatic rings. The Morgan fingerprint density at radius 2 is 1.71 bits per heavy atom. The number of carbonyl (C=O) groups is 1. The van der Waals surface area contributed by atoms with Crippen LogP contribution in [0.1, 0.15) is 27.7 Å². The van der Waals surface area contributed by atoms with Crippen molar-refractivity contribution in [1.82, 2.24) is 0 Å². The van der Waals surface area contributed by atoms with Gasteiger partial charge in [0.2, 0.25) is 0 Å². The lowest BCUT2D eigenvalue weighted by atomic mass is 9.88. The Kier molecular flexibility index (Phi) is 5.41. The number of aliphatic hydroxyl groups is 1. The molecule has 1 aliphatic heterocycles. The first-order valence-corrected chi connectivity index (χ1v) is 6.49. The van der Waals surface area contributed by atoms with Crippen molar-refractivity contribution in [2.75, 3.05) is 0 Å². The highest BCUT2D eigenvalue weighted by Gasteiger charge is 2.38. The Morgan fingerprint density at radius 3 is 2.14 bits per heavy atom. The molecule has 1 amide bonds. The normalized spacial score (nSPS) is 13.6. The molecule has 3 N–H and O–H groups in total. The number of hydrogen-bond donors (Lipinski definition) is 3. The van der Waals surface area contributed by atoms with E-state index in [1.54, 1.807) is 13.8 Å². The number of amides is 1. The van der Waals surface area contributed by atoms with Crippen LogP contribution in [0.25, 0.3) is 6.08 Å². The zero-order chi connectivity index (χ0) is 16.3. The Morgan fingerprint density at radius 1 is 1.14 bits per heavy atom. The lowest BCUT2D eigenvalue weighted by molar-refractivity contribution is -0.112. The summed E-state index contributed by atoms with van der Waals surface area (Å²) < 4.78 is 4.66. The van der Waals surface area contributed by atoms with E-state index >= 15 is 0 Å². The van der Waals surface area contributed by atoms with Crippen LogP contribution < -0.4 is 10.6 Å². The molecule has 0 aliphatic carbocycles. The van der Waals surface area contributed by atoms with Gasteiger partial charge in [-0.15, -0.1) is 0 Å². The highest BCUT2D eigenvalue weighted by atomic mass is 16.6. The summed E-state index contributed by atoms with van der Waals surface area (Å²) in [5.74, 6) is -0.152. The van der Waals surface area contributed by atoms with Gasteiger partial charge in [0, 0.05) is 11.3 Å². The van der Waals surface area contributed by atoms with E-state index in [9.17, 15) is 9.90 Å². The van der Waals surface area contributed by atoms with Crippen LogP contribution in [0.5, 0.6) is 0 Å². The van der Waals surface area contributed by atoms with Crippen LogP contribution in [0.15, 0.2) is 29.3 Å². The van der Waals surface area contributed by atoms with Crippen LogP contribution >= 0.6 is 0 Å². The zero-order valence-electron chi connectivity index (χ0n) is 12.6. The molecule has 0 unspecified atom stereocenters. The van der Waals surface area contributed by atoms with E-state index in [1.165, 1.54) is 19.9 Å². The summed E-state index contributed by atoms with van der Waals surface area (Å²) >= 11 is 0. The van der Waals surface area contributed by atoms with E-state index in [2.05, 4.69) is 9.65 Å². The number of nitrogens with zero attached hydrogens (tertiary/aromatic N) is 1. The summed E-state index contributed by atoms with van der Waals surface area (Å²) in [4.78, 5) is 14.4. The van der Waals surface area contributed by atoms with E-state index in [0.717, 1.165) is 10.6 Å². The van der Waals surface area contributed by atoms with Gasteiger partial charge >= 0.3 is 7.32 Å². The molecular weight excluding hydrogens is 273 g/mol. The average molecular weight is 293 g/mol. The Balaban J connectivity index is 0.000000210. The standard InChI is InChI=1S/C8H5NO.C6H15BO4/c10-8-5-6-3-1-2-4-7(6)9-8;1-5(2,8)6(3,4)11-7(9)10/h1-5H;8-10H,1-4H3. The minimum absolute atomic E-state index is 0.152. The van der Waals surface area contributed by atoms with Crippen molar-refractivity contribution in [2.45, 2.75) is 38.9 Å². The third kappa shape index (κ3) is 5.06. The van der Waals surface area contributed by atoms with Crippen molar-refractivity contribution < 1.29 is 24.6 Å². The summed E-state index contributed by atoms with van der Waals surface area (Å²) in [5, 5.41) is 28.1. The number of carbonyl (C=O) groups excluding carboxylic acids is 1. The smallest absolute Gasteiger partial charge is 0.402 e. The molecular formula is C14H20BNO5. The van der Waals surface area contributed by atoms with Gasteiger partial charge in [0.25, 0.3) is 5.91 Å². The van der Waals surface area contributed by atoms with Crippen molar-refractivity contribution in [1.29, 1.82) is 0 Å². The summed E-state index contributed by atoms with van der Waals surface area (Å²) in [6.07, 6.45) is 1.54. The maximum atomic E-state index is 10.7. The van der Waals surface area contributed by atoms with Crippen molar-refractivity contribution in [2.24, 2.45) is 4.99 Å². The van der Waals surface area contributed by atoms with Gasteiger partial charge in [-0.05, 0) is 33.8 Å². The molecule has 0 atom stereocenters. The average Bonchev–Trinajstić information content (AvgIpc) is 2.66. The first-order chi connectivity index (χ1) is 9.53. The predicted octanol–water partition coefficient (Wildman–Crippen LogP) is -0.851. The first-order valence-electron chi connectivity index (χ1n) is 6.49. The molecule has 0 aromatic heterocycles. The second kappa shape index (κ2) is 6.49. The van der Waals surface area contributed by atoms with Gasteiger partial charge in [-0.1, -0.05) is 18.2 Å². The van der Waals surface area contributed by atoms with Crippen LogP contribution in [-0.4, -0.2) is 39.6 Å². The first kappa shape index (κ1) is 17.5. The van der Waals surface area contributed by atoms with Gasteiger partial charge in [-0.3, -0.25) is 4.79 Å². The second-order valence-electron chi connectivity index (χ2n) is 5.67. The lowest BCUT2D eigenvalue weighted by Gasteiger charge is -2.37. The van der Waals surface area contributed by atoms with E-state index in [4.69, 9.17) is 10.0 Å². The van der Waals surface area contributed by atoms with E-state index in [-0.39, 0.29) is 5.91 Å². The van der Waals surface area contributed by atoms with Crippen LogP contribution in [0.4, 0.5) is 0 Å². The van der Waals surface area contributed by atoms with Gasteiger partial charge in [-0.25, -0.2) is 4.99 Å². The van der Waals surface area contributed by atoms with E-state index in [1.807, 2.05) is 24.3 Å². The fraction of sp³-hybridized carbons (Fsp3) is 0.429. The molecule has 114 valence electrons. The number of fused-ring (bicyclic) bond motifs is 1. The van der Waals surface area contributed by atoms with Crippen molar-refractivity contribution >= 4 is 19.3 Å². The topological polar surface area (TPSA) is 99.4 Å². The molecule has 2 rings (SSSR count). The molecule has 0 radical (unpaired) electrons. The monoisotopic (exact) mass is 293 g/mol. The summed E-state index contributed by atoms with van der Waals surface area (Å²) in [7, 11) is -1.85. The largest absolute Gasteiger partial charge is 0.634 e. The molecule has 0 saturated heterocycles. The highest BCUT2D eigenvalue weighted by molar-refractivity contribution is 6.32. The third-order valence-corrected chi connectivity index (χ3v) is 3.32. The molecule has 0 saturated carbocycles. The molecule has 1 aromatic rings. The van der Waals surface area contributed by atoms with E-state index < -0.39 is 18.5 Å². The van der Waals surface area contributed by atoms with Gasteiger partial charge in [0.15, 0.2) is 0 Å². The SMILES string of the molecule is CC(C)(O)C(C)(C)OB(O)O.O=C1C=c2ccccc2=N1. The highest BCUT2D eigenvalue weighted by Crippen LogP contribution is 2.24. The molecule has 7 heteroatoms. The Labute approximate surface area is 123 Å². The zero-order valence-corrected chi connectivity index (χ0v) is 12.6. The van der Waals surface area contributed by atoms with Crippen LogP contribution in [0, 0.1) is 0 Å². The number of rotatable bonds is 3. The fourth-order valence-corrected chi connectivity index (χ4v) is 1.40. The Hall–Kier alpha value is -1.54. The molecule has 6 nitrogen and oxygen atoms in total. The molecule has 0 spiro atoms. The fourth-order valence-electron chi connectivity index (χ4n) is 1.40. The molecule has 1 aromatic carbocycles. The van der Waals surface area contributed by atoms with Crippen molar-refractivity contribution in [3.8, 4) is 0 Å². The molecule has 0 bridgehead atoms. The molecule has 0 fully saturated rings. The number of hydrogen-bond acceptors (Lipinski definition) is 5. The van der Waals surface area contributed by atoms with E-state index in [0.29, 0.717) is 0 Å². The minimum atomic E-state index is -1.85. The molecule has 21 heavy (non-hydrogen) atoms. The second-order valence-corrected chi connectivity index (χ2v) is 5.67. The number of para-hydroxylation sites is 1. The third-order valence-electron chi connectivity index (χ3n) is 3.32. The molecule has 1 heterocycles.